The van der Waals surface area contributed by atoms with E-state index in [-0.39, 0.29) is 0 Å². The fraction of sp³-hybridized carbons (Fsp3) is 0.190. The average Bonchev–Trinajstić information content (AvgIpc) is 1.53. The Morgan fingerprint density at radius 3 is 0.870 bits per heavy atom. The number of thiophene rings is 1. The van der Waals surface area contributed by atoms with Crippen LogP contribution in [0.25, 0.3) is 0 Å². The molecule has 0 N–H and O–H groups in total. The molecule has 0 amide bonds. The Morgan fingerprint density at radius 1 is 0.239 bits per heavy atom. The number of benzene rings is 10. The van der Waals surface area contributed by atoms with Crippen molar-refractivity contribution in [2.45, 2.75) is 69.2 Å². The van der Waals surface area contributed by atoms with Crippen molar-refractivity contribution < 1.29 is 4.42 Å². The molecule has 0 spiro atoms. The molecule has 0 aliphatic carbocycles. The lowest BCUT2D eigenvalue weighted by molar-refractivity contribution is 0.567. The van der Waals surface area contributed by atoms with Crippen LogP contribution in [-0.2, 0) is 0 Å². The summed E-state index contributed by atoms with van der Waals surface area (Å²) in [5.74, 6) is 0. The van der Waals surface area contributed by atoms with Gasteiger partial charge in [-0.05, 0) is 207 Å². The molecule has 12 aromatic rings. The minimum atomic E-state index is 1.06. The lowest BCUT2D eigenvalue weighted by Crippen LogP contribution is -2.10. The van der Waals surface area contributed by atoms with Crippen molar-refractivity contribution in [3.05, 3.63) is 334 Å². The highest BCUT2D eigenvalue weighted by Crippen LogP contribution is 2.31. The van der Waals surface area contributed by atoms with Crippen molar-refractivity contribution in [3.8, 4) is 0 Å². The molecule has 8 heteroatoms. The van der Waals surface area contributed by atoms with Gasteiger partial charge < -0.3 is 33.8 Å². The summed E-state index contributed by atoms with van der Waals surface area (Å²) in [6.07, 6.45) is 3.42. The fourth-order valence-electron chi connectivity index (χ4n) is 9.83. The normalized spacial score (nSPS) is 10.2. The molecule has 0 bridgehead atoms. The molecule has 0 saturated heterocycles. The van der Waals surface area contributed by atoms with E-state index in [9.17, 15) is 0 Å². The van der Waals surface area contributed by atoms with Gasteiger partial charge >= 0.3 is 0 Å². The molecule has 472 valence electrons. The summed E-state index contributed by atoms with van der Waals surface area (Å²) in [7, 11) is 12.5. The second kappa shape index (κ2) is 34.8. The van der Waals surface area contributed by atoms with E-state index in [1.165, 1.54) is 113 Å². The number of aryl methyl sites for hydroxylation is 10. The predicted molar refractivity (Wildman–Crippen MR) is 403 cm³/mol. The van der Waals surface area contributed by atoms with Gasteiger partial charge in [-0.1, -0.05) is 172 Å². The van der Waals surface area contributed by atoms with E-state index in [0.29, 0.717) is 0 Å². The minimum Gasteiger partial charge on any atom is -0.470 e. The standard InChI is InChI=1S/C16H19N.2C15H17N.C14H15N.C12H13NO.C12H13NS/c1-12-5-8-15(9-6-12)17(4)16-10-7-13(2)11-14(16)3;1-12-4-8-14(9-5-12)16(3)15-10-6-13(2)7-11-15;1-12-7-9-14(10-8-12)16(3)15-6-4-5-13(2)11-15;1-12-8-10-14(11-9-12)15(2)13-6-4-3-5-7-13;2*1-10-3-5-11(6-4-10)13(2)12-7-8-14-9-12/h5-11H,1-4H3;2*4-11H,1-3H3;3-11H,1-2H3;2*3-9H,1-2H3. The molecule has 10 aromatic carbocycles. The number of furan rings is 1. The molecule has 92 heavy (non-hydrogen) atoms. The quantitative estimate of drug-likeness (QED) is 0.121. The van der Waals surface area contributed by atoms with Gasteiger partial charge in [0.05, 0.1) is 17.6 Å². The number of nitrogens with zero attached hydrogens (tertiary/aromatic N) is 6. The highest BCUT2D eigenvalue weighted by molar-refractivity contribution is 7.08. The zero-order valence-corrected chi connectivity index (χ0v) is 57.9. The van der Waals surface area contributed by atoms with Crippen molar-refractivity contribution in [2.24, 2.45) is 0 Å². The van der Waals surface area contributed by atoms with Crippen molar-refractivity contribution in [2.75, 3.05) is 71.7 Å². The maximum Gasteiger partial charge on any atom is 0.114 e. The first-order chi connectivity index (χ1) is 44.2. The first-order valence-electron chi connectivity index (χ1n) is 31.4. The van der Waals surface area contributed by atoms with E-state index in [1.807, 2.05) is 19.2 Å². The van der Waals surface area contributed by atoms with Crippen LogP contribution < -0.4 is 29.4 Å². The number of para-hydroxylation sites is 1. The average molecular weight is 1240 g/mol. The molecule has 0 radical (unpaired) electrons. The Balaban J connectivity index is 0.000000157. The molecule has 12 rings (SSSR count). The highest BCUT2D eigenvalue weighted by Gasteiger charge is 2.09. The van der Waals surface area contributed by atoms with Gasteiger partial charge in [0.2, 0.25) is 0 Å². The summed E-state index contributed by atoms with van der Waals surface area (Å²) >= 11 is 1.72. The Kier molecular flexibility index (Phi) is 26.3. The van der Waals surface area contributed by atoms with Crippen molar-refractivity contribution in [3.63, 3.8) is 0 Å². The van der Waals surface area contributed by atoms with E-state index in [0.717, 1.165) is 11.4 Å². The summed E-state index contributed by atoms with van der Waals surface area (Å²) in [6.45, 7) is 21.1. The van der Waals surface area contributed by atoms with Crippen LogP contribution in [0, 0.1) is 69.2 Å². The third-order valence-electron chi connectivity index (χ3n) is 16.0. The summed E-state index contributed by atoms with van der Waals surface area (Å²) in [5, 5.41) is 4.25. The van der Waals surface area contributed by atoms with Gasteiger partial charge in [0.25, 0.3) is 0 Å². The topological polar surface area (TPSA) is 32.6 Å². The monoisotopic (exact) mass is 1230 g/mol. The van der Waals surface area contributed by atoms with Gasteiger partial charge in [0.15, 0.2) is 0 Å². The predicted octanol–water partition coefficient (Wildman–Crippen LogP) is 23.5. The van der Waals surface area contributed by atoms with Crippen molar-refractivity contribution >= 4 is 79.6 Å². The maximum atomic E-state index is 5.04. The highest BCUT2D eigenvalue weighted by atomic mass is 32.1. The van der Waals surface area contributed by atoms with E-state index in [2.05, 4.69) is 387 Å². The minimum absolute atomic E-state index is 1.06. The Labute approximate surface area is 555 Å². The second-order valence-corrected chi connectivity index (χ2v) is 24.4. The second-order valence-electron chi connectivity index (χ2n) is 23.6. The van der Waals surface area contributed by atoms with Crippen LogP contribution in [0.4, 0.5) is 68.2 Å². The molecule has 2 aromatic heterocycles. The lowest BCUT2D eigenvalue weighted by Gasteiger charge is -2.22. The summed E-state index contributed by atoms with van der Waals surface area (Å²) in [6, 6.07) is 89.4. The van der Waals surface area contributed by atoms with E-state index in [1.54, 1.807) is 23.9 Å². The molecule has 2 heterocycles. The molecular formula is C84H94N6OS. The van der Waals surface area contributed by atoms with Crippen molar-refractivity contribution in [1.29, 1.82) is 0 Å². The van der Waals surface area contributed by atoms with Gasteiger partial charge in [-0.3, -0.25) is 0 Å². The van der Waals surface area contributed by atoms with Crippen LogP contribution in [0.1, 0.15) is 55.6 Å². The zero-order valence-electron chi connectivity index (χ0n) is 57.1. The van der Waals surface area contributed by atoms with E-state index >= 15 is 0 Å². The first-order valence-corrected chi connectivity index (χ1v) is 32.3. The Hall–Kier alpha value is -10.0. The fourth-order valence-corrected chi connectivity index (χ4v) is 10.5. The van der Waals surface area contributed by atoms with Crippen LogP contribution in [-0.4, -0.2) is 42.3 Å². The summed E-state index contributed by atoms with van der Waals surface area (Å²) < 4.78 is 5.04. The van der Waals surface area contributed by atoms with Gasteiger partial charge in [-0.15, -0.1) is 0 Å². The molecule has 7 nitrogen and oxygen atoms in total. The van der Waals surface area contributed by atoms with Crippen LogP contribution >= 0.6 is 11.3 Å². The van der Waals surface area contributed by atoms with Crippen LogP contribution in [0.15, 0.2) is 282 Å². The molecule has 0 aliphatic heterocycles. The number of anilines is 12. The molecule has 0 atom stereocenters. The number of hydrogen-bond acceptors (Lipinski definition) is 8. The van der Waals surface area contributed by atoms with Gasteiger partial charge in [-0.25, -0.2) is 0 Å². The first kappa shape index (κ1) is 69.5. The molecule has 0 unspecified atom stereocenters. The van der Waals surface area contributed by atoms with Crippen LogP contribution in [0.3, 0.4) is 0 Å². The number of hydrogen-bond donors (Lipinski definition) is 0. The van der Waals surface area contributed by atoms with Crippen molar-refractivity contribution in [1.82, 2.24) is 0 Å². The summed E-state index contributed by atoms with van der Waals surface area (Å²) in [4.78, 5) is 13.1. The molecular weight excluding hydrogens is 1140 g/mol. The van der Waals surface area contributed by atoms with Gasteiger partial charge in [0.1, 0.15) is 6.26 Å². The van der Waals surface area contributed by atoms with E-state index < -0.39 is 0 Å². The SMILES string of the molecule is Cc1ccc(N(C)c2ccc(C)cc2)cc1.Cc1ccc(N(C)c2ccc(C)cc2C)cc1.Cc1ccc(N(C)c2cccc(C)c2)cc1.Cc1ccc(N(C)c2ccccc2)cc1.Cc1ccc(N(C)c2ccoc2)cc1.Cc1ccc(N(C)c2ccsc2)cc1. The third-order valence-corrected chi connectivity index (χ3v) is 16.7. The molecule has 0 fully saturated rings. The van der Waals surface area contributed by atoms with Crippen LogP contribution in [0.5, 0.6) is 0 Å². The van der Waals surface area contributed by atoms with E-state index in [4.69, 9.17) is 4.42 Å². The van der Waals surface area contributed by atoms with Gasteiger partial charge in [-0.2, -0.15) is 11.3 Å². The zero-order chi connectivity index (χ0) is 66.1. The molecule has 0 saturated carbocycles. The maximum absolute atomic E-state index is 5.04. The third kappa shape index (κ3) is 21.3. The van der Waals surface area contributed by atoms with Gasteiger partial charge in [0, 0.05) is 111 Å². The smallest absolute Gasteiger partial charge is 0.114 e. The Bertz CT molecular complexity index is 3890. The lowest BCUT2D eigenvalue weighted by atomic mass is 10.1. The summed E-state index contributed by atoms with van der Waals surface area (Å²) in [5.41, 5.74) is 27.4. The number of rotatable bonds is 12. The Morgan fingerprint density at radius 2 is 0.543 bits per heavy atom. The largest absolute Gasteiger partial charge is 0.470 e. The molecule has 0 aliphatic rings. The van der Waals surface area contributed by atoms with Crippen LogP contribution in [0.2, 0.25) is 0 Å².